The molecular formula is C23H23N5O2S. The third-order valence-corrected chi connectivity index (χ3v) is 6.31. The number of ether oxygens (including phenoxy) is 1. The lowest BCUT2D eigenvalue weighted by Gasteiger charge is -2.30. The number of rotatable bonds is 5. The first-order chi connectivity index (χ1) is 15.0. The molecular weight excluding hydrogens is 410 g/mol. The standard InChI is InChI=1S/C23H23N5O2S/c1-13-17(22(29)30-2)18(19-20(24)27-23(25)28-21(19)26-13)15-10-6-7-11-16(15)31-12-14-8-4-3-5-9-14/h3-11,18H,12H2,1-2H3,(H5,24,25,26,27,28). The number of anilines is 3. The number of benzene rings is 2. The minimum absolute atomic E-state index is 0.0727. The van der Waals surface area contributed by atoms with Gasteiger partial charge in [-0.3, -0.25) is 0 Å². The number of thioether (sulfide) groups is 1. The van der Waals surface area contributed by atoms with Crippen molar-refractivity contribution in [2.24, 2.45) is 0 Å². The molecule has 5 N–H and O–H groups in total. The molecule has 1 aromatic heterocycles. The lowest BCUT2D eigenvalue weighted by molar-refractivity contribution is -0.136. The smallest absolute Gasteiger partial charge is 0.336 e. The number of methoxy groups -OCH3 is 1. The van der Waals surface area contributed by atoms with Gasteiger partial charge in [-0.1, -0.05) is 48.5 Å². The van der Waals surface area contributed by atoms with Crippen molar-refractivity contribution < 1.29 is 9.53 Å². The van der Waals surface area contributed by atoms with Crippen molar-refractivity contribution in [1.29, 1.82) is 0 Å². The highest BCUT2D eigenvalue weighted by molar-refractivity contribution is 7.98. The predicted molar refractivity (Wildman–Crippen MR) is 123 cm³/mol. The number of fused-ring (bicyclic) bond motifs is 1. The number of allylic oxidation sites excluding steroid dienone is 1. The van der Waals surface area contributed by atoms with Crippen LogP contribution in [0.25, 0.3) is 0 Å². The van der Waals surface area contributed by atoms with E-state index in [0.717, 1.165) is 16.2 Å². The average Bonchev–Trinajstić information content (AvgIpc) is 2.77. The van der Waals surface area contributed by atoms with Gasteiger partial charge >= 0.3 is 5.97 Å². The molecule has 1 unspecified atom stereocenters. The largest absolute Gasteiger partial charge is 0.466 e. The number of hydrogen-bond donors (Lipinski definition) is 3. The number of nitrogens with zero attached hydrogens (tertiary/aromatic N) is 2. The third-order valence-electron chi connectivity index (χ3n) is 5.15. The van der Waals surface area contributed by atoms with E-state index in [1.807, 2.05) is 49.4 Å². The van der Waals surface area contributed by atoms with E-state index in [2.05, 4.69) is 27.4 Å². The van der Waals surface area contributed by atoms with Gasteiger partial charge in [-0.05, 0) is 24.1 Å². The number of nitrogen functional groups attached to an aromatic ring is 2. The molecule has 0 fully saturated rings. The van der Waals surface area contributed by atoms with Gasteiger partial charge in [0.1, 0.15) is 11.6 Å². The zero-order chi connectivity index (χ0) is 22.0. The molecule has 2 aromatic carbocycles. The first-order valence-electron chi connectivity index (χ1n) is 9.74. The highest BCUT2D eigenvalue weighted by Gasteiger charge is 2.37. The van der Waals surface area contributed by atoms with Gasteiger partial charge in [0.15, 0.2) is 0 Å². The molecule has 0 bridgehead atoms. The Morgan fingerprint density at radius 1 is 1.10 bits per heavy atom. The van der Waals surface area contributed by atoms with Crippen molar-refractivity contribution in [2.75, 3.05) is 23.9 Å². The second-order valence-corrected chi connectivity index (χ2v) is 8.15. The van der Waals surface area contributed by atoms with Crippen LogP contribution in [-0.2, 0) is 15.3 Å². The number of esters is 1. The van der Waals surface area contributed by atoms with Gasteiger partial charge < -0.3 is 21.5 Å². The van der Waals surface area contributed by atoms with Gasteiger partial charge in [0.05, 0.1) is 18.6 Å². The fraction of sp³-hybridized carbons (Fsp3) is 0.174. The fourth-order valence-electron chi connectivity index (χ4n) is 3.77. The van der Waals surface area contributed by atoms with Gasteiger partial charge in [0.25, 0.3) is 0 Å². The van der Waals surface area contributed by atoms with Crippen molar-refractivity contribution in [3.63, 3.8) is 0 Å². The van der Waals surface area contributed by atoms with Crippen LogP contribution in [-0.4, -0.2) is 23.0 Å². The number of hydrogen-bond acceptors (Lipinski definition) is 8. The second kappa shape index (κ2) is 8.69. The van der Waals surface area contributed by atoms with E-state index < -0.39 is 11.9 Å². The summed E-state index contributed by atoms with van der Waals surface area (Å²) in [5, 5.41) is 3.14. The topological polar surface area (TPSA) is 116 Å². The second-order valence-electron chi connectivity index (χ2n) is 7.13. The van der Waals surface area contributed by atoms with E-state index in [-0.39, 0.29) is 11.8 Å². The number of carbonyl (C=O) groups is 1. The van der Waals surface area contributed by atoms with Gasteiger partial charge in [-0.2, -0.15) is 9.97 Å². The highest BCUT2D eigenvalue weighted by Crippen LogP contribution is 2.46. The number of aromatic nitrogens is 2. The van der Waals surface area contributed by atoms with Crippen molar-refractivity contribution in [3.8, 4) is 0 Å². The molecule has 7 nitrogen and oxygen atoms in total. The summed E-state index contributed by atoms with van der Waals surface area (Å²) in [6.45, 7) is 1.82. The summed E-state index contributed by atoms with van der Waals surface area (Å²) in [6, 6.07) is 18.2. The molecule has 31 heavy (non-hydrogen) atoms. The molecule has 1 aliphatic rings. The van der Waals surface area contributed by atoms with Crippen LogP contribution in [0.5, 0.6) is 0 Å². The van der Waals surface area contributed by atoms with Crippen LogP contribution in [0, 0.1) is 0 Å². The number of carbonyl (C=O) groups excluding carboxylic acids is 1. The molecule has 3 aromatic rings. The van der Waals surface area contributed by atoms with Gasteiger partial charge in [0.2, 0.25) is 5.95 Å². The SMILES string of the molecule is COC(=O)C1=C(C)Nc2nc(N)nc(N)c2C1c1ccccc1SCc1ccccc1. The maximum atomic E-state index is 12.8. The quantitative estimate of drug-likeness (QED) is 0.409. The van der Waals surface area contributed by atoms with Crippen LogP contribution in [0.3, 0.4) is 0 Å². The minimum Gasteiger partial charge on any atom is -0.466 e. The molecule has 4 rings (SSSR count). The lowest BCUT2D eigenvalue weighted by atomic mass is 9.82. The molecule has 8 heteroatoms. The molecule has 0 radical (unpaired) electrons. The average molecular weight is 434 g/mol. The summed E-state index contributed by atoms with van der Waals surface area (Å²) in [5.74, 6) is 0.687. The van der Waals surface area contributed by atoms with Crippen LogP contribution in [0.4, 0.5) is 17.6 Å². The van der Waals surface area contributed by atoms with Gasteiger partial charge in [0, 0.05) is 21.9 Å². The fourth-order valence-corrected chi connectivity index (χ4v) is 4.81. The summed E-state index contributed by atoms with van der Waals surface area (Å²) in [4.78, 5) is 22.3. The molecule has 0 aliphatic carbocycles. The van der Waals surface area contributed by atoms with E-state index in [4.69, 9.17) is 16.2 Å². The summed E-state index contributed by atoms with van der Waals surface area (Å²) in [6.07, 6.45) is 0. The number of nitrogens with one attached hydrogen (secondary N) is 1. The third kappa shape index (κ3) is 4.06. The summed E-state index contributed by atoms with van der Waals surface area (Å²) < 4.78 is 5.11. The summed E-state index contributed by atoms with van der Waals surface area (Å²) >= 11 is 1.70. The van der Waals surface area contributed by atoms with Gasteiger partial charge in [-0.15, -0.1) is 11.8 Å². The van der Waals surface area contributed by atoms with E-state index in [1.165, 1.54) is 12.7 Å². The summed E-state index contributed by atoms with van der Waals surface area (Å²) in [7, 11) is 1.37. The van der Waals surface area contributed by atoms with Crippen molar-refractivity contribution in [1.82, 2.24) is 9.97 Å². The van der Waals surface area contributed by atoms with E-state index in [0.29, 0.717) is 22.7 Å². The van der Waals surface area contributed by atoms with Gasteiger partial charge in [-0.25, -0.2) is 4.79 Å². The predicted octanol–water partition coefficient (Wildman–Crippen LogP) is 3.94. The zero-order valence-electron chi connectivity index (χ0n) is 17.3. The Morgan fingerprint density at radius 3 is 2.55 bits per heavy atom. The highest BCUT2D eigenvalue weighted by atomic mass is 32.2. The maximum absolute atomic E-state index is 12.8. The van der Waals surface area contributed by atoms with Crippen LogP contribution >= 0.6 is 11.8 Å². The lowest BCUT2D eigenvalue weighted by Crippen LogP contribution is -2.26. The van der Waals surface area contributed by atoms with Crippen molar-refractivity contribution >= 4 is 35.3 Å². The molecule has 0 saturated carbocycles. The Morgan fingerprint density at radius 2 is 1.81 bits per heavy atom. The monoisotopic (exact) mass is 433 g/mol. The minimum atomic E-state index is -0.483. The maximum Gasteiger partial charge on any atom is 0.336 e. The Kier molecular flexibility index (Phi) is 5.81. The van der Waals surface area contributed by atoms with Crippen molar-refractivity contribution in [3.05, 3.63) is 82.6 Å². The van der Waals surface area contributed by atoms with Crippen LogP contribution in [0.1, 0.15) is 29.5 Å². The molecule has 1 atom stereocenters. The molecule has 0 spiro atoms. The molecule has 0 saturated heterocycles. The van der Waals surface area contributed by atoms with Crippen LogP contribution < -0.4 is 16.8 Å². The Bertz CT molecular complexity index is 1160. The zero-order valence-corrected chi connectivity index (χ0v) is 18.1. The molecule has 0 amide bonds. The number of nitrogens with two attached hydrogens (primary N) is 2. The van der Waals surface area contributed by atoms with E-state index in [1.54, 1.807) is 11.8 Å². The van der Waals surface area contributed by atoms with E-state index >= 15 is 0 Å². The van der Waals surface area contributed by atoms with Crippen LogP contribution in [0.2, 0.25) is 0 Å². The molecule has 1 aliphatic heterocycles. The molecule has 158 valence electrons. The van der Waals surface area contributed by atoms with Crippen molar-refractivity contribution in [2.45, 2.75) is 23.5 Å². The normalized spacial score (nSPS) is 15.2. The van der Waals surface area contributed by atoms with Crippen LogP contribution in [0.15, 0.2) is 70.8 Å². The Hall–Kier alpha value is -3.52. The Labute approximate surface area is 184 Å². The molecule has 2 heterocycles. The first kappa shape index (κ1) is 20.7. The van der Waals surface area contributed by atoms with E-state index in [9.17, 15) is 4.79 Å². The summed E-state index contributed by atoms with van der Waals surface area (Å²) in [5.41, 5.74) is 16.0. The Balaban J connectivity index is 1.84. The first-order valence-corrected chi connectivity index (χ1v) is 10.7.